The zero-order chi connectivity index (χ0) is 15.1. The summed E-state index contributed by atoms with van der Waals surface area (Å²) in [6.45, 7) is 2.80. The summed E-state index contributed by atoms with van der Waals surface area (Å²) in [6, 6.07) is 16.4. The summed E-state index contributed by atoms with van der Waals surface area (Å²) in [6.07, 6.45) is 0. The number of likely N-dealkylation sites (N-methyl/N-ethyl adjacent to an activating group) is 1. The van der Waals surface area contributed by atoms with Crippen molar-refractivity contribution in [2.45, 2.75) is 17.4 Å². The molecule has 0 aliphatic heterocycles. The van der Waals surface area contributed by atoms with Gasteiger partial charge in [0, 0.05) is 10.6 Å². The van der Waals surface area contributed by atoms with Crippen LogP contribution in [-0.2, 0) is 5.54 Å². The molecule has 1 unspecified atom stereocenters. The molecule has 0 amide bonds. The lowest BCUT2D eigenvalue weighted by Gasteiger charge is -2.33. The van der Waals surface area contributed by atoms with Crippen LogP contribution in [0.15, 0.2) is 59.5 Å². The van der Waals surface area contributed by atoms with Gasteiger partial charge in [0.05, 0.1) is 12.1 Å². The number of benzene rings is 2. The zero-order valence-electron chi connectivity index (χ0n) is 12.1. The predicted molar refractivity (Wildman–Crippen MR) is 86.0 cm³/mol. The first kappa shape index (κ1) is 16.0. The maximum absolute atomic E-state index is 13.0. The first-order chi connectivity index (χ1) is 10.2. The third kappa shape index (κ3) is 4.06. The van der Waals surface area contributed by atoms with Crippen molar-refractivity contribution in [2.75, 3.05) is 18.9 Å². The molecule has 2 aromatic carbocycles. The Morgan fingerprint density at radius 1 is 1.10 bits per heavy atom. The van der Waals surface area contributed by atoms with Crippen LogP contribution >= 0.6 is 11.8 Å². The second-order valence-electron chi connectivity index (χ2n) is 4.88. The van der Waals surface area contributed by atoms with Crippen LogP contribution in [0.4, 0.5) is 4.39 Å². The van der Waals surface area contributed by atoms with Gasteiger partial charge in [-0.25, -0.2) is 4.39 Å². The molecule has 2 aromatic rings. The molecule has 4 heteroatoms. The number of halogens is 1. The van der Waals surface area contributed by atoms with E-state index in [4.69, 9.17) is 0 Å². The van der Waals surface area contributed by atoms with Gasteiger partial charge in [-0.15, -0.1) is 11.8 Å². The first-order valence-corrected chi connectivity index (χ1v) is 7.98. The maximum Gasteiger partial charge on any atom is 0.123 e. The van der Waals surface area contributed by atoms with E-state index in [2.05, 4.69) is 5.32 Å². The van der Waals surface area contributed by atoms with Gasteiger partial charge in [-0.3, -0.25) is 0 Å². The van der Waals surface area contributed by atoms with Crippen molar-refractivity contribution in [1.29, 1.82) is 0 Å². The Morgan fingerprint density at radius 2 is 1.76 bits per heavy atom. The molecule has 21 heavy (non-hydrogen) atoms. The fraction of sp³-hybridized carbons (Fsp3) is 0.294. The summed E-state index contributed by atoms with van der Waals surface area (Å²) in [5.74, 6) is 0.440. The molecular weight excluding hydrogens is 285 g/mol. The molecular formula is C17H20FNOS. The summed E-state index contributed by atoms with van der Waals surface area (Å²) >= 11 is 1.61. The van der Waals surface area contributed by atoms with E-state index in [0.717, 1.165) is 17.0 Å². The minimum absolute atomic E-state index is 0.0129. The smallest absolute Gasteiger partial charge is 0.123 e. The number of thioether (sulfide) groups is 1. The van der Waals surface area contributed by atoms with Gasteiger partial charge in [-0.05, 0) is 36.4 Å². The van der Waals surface area contributed by atoms with Crippen molar-refractivity contribution >= 4 is 11.8 Å². The average molecular weight is 305 g/mol. The highest BCUT2D eigenvalue weighted by Crippen LogP contribution is 2.29. The summed E-state index contributed by atoms with van der Waals surface area (Å²) in [4.78, 5) is 0.989. The number of aliphatic hydroxyl groups excluding tert-OH is 1. The average Bonchev–Trinajstić information content (AvgIpc) is 2.54. The molecule has 0 aromatic heterocycles. The minimum atomic E-state index is -0.491. The largest absolute Gasteiger partial charge is 0.394 e. The lowest BCUT2D eigenvalue weighted by atomic mass is 9.92. The number of hydrogen-bond donors (Lipinski definition) is 2. The van der Waals surface area contributed by atoms with Crippen LogP contribution in [0, 0.1) is 5.82 Å². The number of hydrogen-bond acceptors (Lipinski definition) is 3. The fourth-order valence-corrected chi connectivity index (χ4v) is 3.36. The summed E-state index contributed by atoms with van der Waals surface area (Å²) in [7, 11) is 0. The van der Waals surface area contributed by atoms with Gasteiger partial charge in [0.2, 0.25) is 0 Å². The highest BCUT2D eigenvalue weighted by molar-refractivity contribution is 7.99. The van der Waals surface area contributed by atoms with Crippen LogP contribution in [0.25, 0.3) is 0 Å². The Hall–Kier alpha value is -1.36. The molecule has 0 bridgehead atoms. The van der Waals surface area contributed by atoms with Gasteiger partial charge in [-0.1, -0.05) is 37.3 Å². The molecule has 112 valence electrons. The Labute approximate surface area is 129 Å². The number of rotatable bonds is 7. The quantitative estimate of drug-likeness (QED) is 0.769. The third-order valence-corrected chi connectivity index (χ3v) is 4.65. The Morgan fingerprint density at radius 3 is 2.33 bits per heavy atom. The van der Waals surface area contributed by atoms with Crippen molar-refractivity contribution in [3.05, 3.63) is 66.0 Å². The zero-order valence-corrected chi connectivity index (χ0v) is 12.9. The van der Waals surface area contributed by atoms with Crippen LogP contribution in [0.2, 0.25) is 0 Å². The predicted octanol–water partition coefficient (Wildman–Crippen LogP) is 3.42. The summed E-state index contributed by atoms with van der Waals surface area (Å²) < 4.78 is 13.0. The standard InChI is InChI=1S/C17H20FNOS/c1-2-19-17(12-20,14-6-4-3-5-7-14)13-21-16-10-8-15(18)9-11-16/h3-11,19-20H,2,12-13H2,1H3. The van der Waals surface area contributed by atoms with Crippen LogP contribution in [0.3, 0.4) is 0 Å². The van der Waals surface area contributed by atoms with E-state index < -0.39 is 5.54 Å². The van der Waals surface area contributed by atoms with Crippen LogP contribution < -0.4 is 5.32 Å². The van der Waals surface area contributed by atoms with Crippen LogP contribution in [-0.4, -0.2) is 24.0 Å². The van der Waals surface area contributed by atoms with Crippen LogP contribution in [0.5, 0.6) is 0 Å². The van der Waals surface area contributed by atoms with Crippen molar-refractivity contribution in [2.24, 2.45) is 0 Å². The van der Waals surface area contributed by atoms with E-state index >= 15 is 0 Å². The second-order valence-corrected chi connectivity index (χ2v) is 5.93. The van der Waals surface area contributed by atoms with E-state index in [0.29, 0.717) is 5.75 Å². The van der Waals surface area contributed by atoms with Gasteiger partial charge in [0.25, 0.3) is 0 Å². The molecule has 0 saturated heterocycles. The maximum atomic E-state index is 13.0. The highest BCUT2D eigenvalue weighted by Gasteiger charge is 2.30. The minimum Gasteiger partial charge on any atom is -0.394 e. The van der Waals surface area contributed by atoms with Crippen molar-refractivity contribution < 1.29 is 9.50 Å². The SMILES string of the molecule is CCNC(CO)(CSc1ccc(F)cc1)c1ccccc1. The molecule has 0 heterocycles. The van der Waals surface area contributed by atoms with E-state index in [9.17, 15) is 9.50 Å². The molecule has 0 aliphatic rings. The first-order valence-electron chi connectivity index (χ1n) is 7.00. The van der Waals surface area contributed by atoms with Gasteiger partial charge in [0.1, 0.15) is 5.82 Å². The molecule has 2 nitrogen and oxygen atoms in total. The lowest BCUT2D eigenvalue weighted by molar-refractivity contribution is 0.181. The molecule has 0 aliphatic carbocycles. The van der Waals surface area contributed by atoms with Crippen molar-refractivity contribution in [1.82, 2.24) is 5.32 Å². The summed E-state index contributed by atoms with van der Waals surface area (Å²) in [5, 5.41) is 13.3. The molecule has 2 rings (SSSR count). The number of aliphatic hydroxyl groups is 1. The molecule has 0 radical (unpaired) electrons. The molecule has 1 atom stereocenters. The van der Waals surface area contributed by atoms with Gasteiger partial charge >= 0.3 is 0 Å². The lowest BCUT2D eigenvalue weighted by Crippen LogP contribution is -2.47. The van der Waals surface area contributed by atoms with Gasteiger partial charge in [0.15, 0.2) is 0 Å². The fourth-order valence-electron chi connectivity index (χ4n) is 2.26. The Balaban J connectivity index is 2.18. The van der Waals surface area contributed by atoms with E-state index in [1.807, 2.05) is 37.3 Å². The topological polar surface area (TPSA) is 32.3 Å². The molecule has 0 spiro atoms. The molecule has 0 saturated carbocycles. The molecule has 2 N–H and O–H groups in total. The molecule has 0 fully saturated rings. The third-order valence-electron chi connectivity index (χ3n) is 3.41. The monoisotopic (exact) mass is 305 g/mol. The van der Waals surface area contributed by atoms with E-state index in [1.54, 1.807) is 23.9 Å². The number of nitrogens with one attached hydrogen (secondary N) is 1. The van der Waals surface area contributed by atoms with Gasteiger partial charge < -0.3 is 10.4 Å². The highest BCUT2D eigenvalue weighted by atomic mass is 32.2. The van der Waals surface area contributed by atoms with Crippen molar-refractivity contribution in [3.8, 4) is 0 Å². The normalized spacial score (nSPS) is 13.9. The van der Waals surface area contributed by atoms with E-state index in [-0.39, 0.29) is 12.4 Å². The Bertz CT molecular complexity index is 546. The van der Waals surface area contributed by atoms with Crippen LogP contribution in [0.1, 0.15) is 12.5 Å². The second kappa shape index (κ2) is 7.59. The van der Waals surface area contributed by atoms with E-state index in [1.165, 1.54) is 12.1 Å². The van der Waals surface area contributed by atoms with Crippen molar-refractivity contribution in [3.63, 3.8) is 0 Å². The van der Waals surface area contributed by atoms with Gasteiger partial charge in [-0.2, -0.15) is 0 Å². The Kier molecular flexibility index (Phi) is 5.79. The summed E-state index contributed by atoms with van der Waals surface area (Å²) in [5.41, 5.74) is 0.568.